The zero-order valence-electron chi connectivity index (χ0n) is 10.4. The van der Waals surface area contributed by atoms with E-state index in [2.05, 4.69) is 35.2 Å². The SMILES string of the molecule is CNc1ncc(C)c(Sc2ncnc3nc[nH]c23)n1. The third kappa shape index (κ3) is 2.22. The van der Waals surface area contributed by atoms with E-state index in [1.807, 2.05) is 6.92 Å². The Kier molecular flexibility index (Phi) is 3.00. The topological polar surface area (TPSA) is 92.3 Å². The average Bonchev–Trinajstić information content (AvgIpc) is 2.90. The van der Waals surface area contributed by atoms with E-state index >= 15 is 0 Å². The van der Waals surface area contributed by atoms with Crippen LogP contribution in [0.1, 0.15) is 5.56 Å². The predicted molar refractivity (Wildman–Crippen MR) is 72.1 cm³/mol. The Hall–Kier alpha value is -2.22. The molecule has 96 valence electrons. The van der Waals surface area contributed by atoms with Gasteiger partial charge in [0.05, 0.1) is 6.33 Å². The molecule has 0 fully saturated rings. The van der Waals surface area contributed by atoms with Crippen molar-refractivity contribution in [2.75, 3.05) is 12.4 Å². The zero-order chi connectivity index (χ0) is 13.2. The number of aromatic amines is 1. The monoisotopic (exact) mass is 273 g/mol. The molecule has 0 unspecified atom stereocenters. The van der Waals surface area contributed by atoms with Gasteiger partial charge in [0.2, 0.25) is 5.95 Å². The molecule has 19 heavy (non-hydrogen) atoms. The van der Waals surface area contributed by atoms with Gasteiger partial charge in [0, 0.05) is 18.8 Å². The van der Waals surface area contributed by atoms with Gasteiger partial charge < -0.3 is 10.3 Å². The maximum atomic E-state index is 4.42. The molecule has 0 aliphatic heterocycles. The number of hydrogen-bond donors (Lipinski definition) is 2. The van der Waals surface area contributed by atoms with Crippen LogP contribution in [0.25, 0.3) is 11.2 Å². The lowest BCUT2D eigenvalue weighted by molar-refractivity contribution is 0.997. The van der Waals surface area contributed by atoms with Crippen LogP contribution in [0.5, 0.6) is 0 Å². The summed E-state index contributed by atoms with van der Waals surface area (Å²) in [6, 6.07) is 0. The minimum Gasteiger partial charge on any atom is -0.357 e. The second kappa shape index (κ2) is 4.81. The maximum Gasteiger partial charge on any atom is 0.223 e. The molecular formula is C11H11N7S. The highest BCUT2D eigenvalue weighted by atomic mass is 32.2. The molecule has 0 radical (unpaired) electrons. The number of aromatic nitrogens is 6. The smallest absolute Gasteiger partial charge is 0.223 e. The Morgan fingerprint density at radius 2 is 2.05 bits per heavy atom. The molecule has 0 saturated carbocycles. The lowest BCUT2D eigenvalue weighted by Gasteiger charge is -2.06. The standard InChI is InChI=1S/C11H11N7S/c1-6-3-13-11(12-2)18-9(6)19-10-7-8(15-4-14-7)16-5-17-10/h3-5H,1-2H3,(H,12,13,18)(H,14,15,16,17). The first-order chi connectivity index (χ1) is 9.28. The molecule has 7 nitrogen and oxygen atoms in total. The summed E-state index contributed by atoms with van der Waals surface area (Å²) < 4.78 is 0. The van der Waals surface area contributed by atoms with Gasteiger partial charge in [-0.2, -0.15) is 0 Å². The Morgan fingerprint density at radius 3 is 2.89 bits per heavy atom. The van der Waals surface area contributed by atoms with Crippen molar-refractivity contribution in [3.8, 4) is 0 Å². The Bertz CT molecular complexity index is 724. The molecule has 8 heteroatoms. The van der Waals surface area contributed by atoms with Crippen molar-refractivity contribution in [2.45, 2.75) is 17.0 Å². The molecule has 0 saturated heterocycles. The van der Waals surface area contributed by atoms with Crippen LogP contribution in [-0.4, -0.2) is 37.0 Å². The van der Waals surface area contributed by atoms with Crippen LogP contribution in [0, 0.1) is 6.92 Å². The molecule has 0 aliphatic rings. The van der Waals surface area contributed by atoms with Crippen molar-refractivity contribution in [2.24, 2.45) is 0 Å². The second-order valence-electron chi connectivity index (χ2n) is 3.81. The molecule has 2 N–H and O–H groups in total. The number of imidazole rings is 1. The third-order valence-corrected chi connectivity index (χ3v) is 3.64. The van der Waals surface area contributed by atoms with E-state index in [1.165, 1.54) is 18.1 Å². The number of aryl methyl sites for hydroxylation is 1. The lowest BCUT2D eigenvalue weighted by Crippen LogP contribution is -1.98. The highest BCUT2D eigenvalue weighted by Gasteiger charge is 2.11. The van der Waals surface area contributed by atoms with Crippen molar-refractivity contribution in [1.29, 1.82) is 0 Å². The number of nitrogens with one attached hydrogen (secondary N) is 2. The van der Waals surface area contributed by atoms with Gasteiger partial charge in [-0.05, 0) is 18.7 Å². The third-order valence-electron chi connectivity index (χ3n) is 2.53. The summed E-state index contributed by atoms with van der Waals surface area (Å²) in [5.41, 5.74) is 2.46. The average molecular weight is 273 g/mol. The summed E-state index contributed by atoms with van der Waals surface area (Å²) in [5.74, 6) is 0.586. The van der Waals surface area contributed by atoms with Gasteiger partial charge in [-0.15, -0.1) is 0 Å². The summed E-state index contributed by atoms with van der Waals surface area (Å²) in [6.07, 6.45) is 4.89. The number of anilines is 1. The normalized spacial score (nSPS) is 10.8. The van der Waals surface area contributed by atoms with E-state index < -0.39 is 0 Å². The molecule has 3 aromatic rings. The molecule has 3 rings (SSSR count). The fourth-order valence-electron chi connectivity index (χ4n) is 1.56. The van der Waals surface area contributed by atoms with Crippen LogP contribution >= 0.6 is 11.8 Å². The van der Waals surface area contributed by atoms with Crippen LogP contribution in [0.3, 0.4) is 0 Å². The quantitative estimate of drug-likeness (QED) is 0.701. The highest BCUT2D eigenvalue weighted by Crippen LogP contribution is 2.30. The molecule has 3 aromatic heterocycles. The Morgan fingerprint density at radius 1 is 1.16 bits per heavy atom. The molecule has 0 aliphatic carbocycles. The van der Waals surface area contributed by atoms with Gasteiger partial charge in [0.25, 0.3) is 0 Å². The van der Waals surface area contributed by atoms with Crippen LogP contribution in [0.15, 0.2) is 28.9 Å². The predicted octanol–water partition coefficient (Wildman–Crippen LogP) is 1.64. The number of nitrogens with zero attached hydrogens (tertiary/aromatic N) is 5. The van der Waals surface area contributed by atoms with Crippen LogP contribution in [-0.2, 0) is 0 Å². The Balaban J connectivity index is 2.03. The molecule has 0 spiro atoms. The fraction of sp³-hybridized carbons (Fsp3) is 0.182. The molecule has 0 bridgehead atoms. The van der Waals surface area contributed by atoms with E-state index in [0.717, 1.165) is 21.1 Å². The van der Waals surface area contributed by atoms with E-state index in [1.54, 1.807) is 19.6 Å². The highest BCUT2D eigenvalue weighted by molar-refractivity contribution is 7.99. The summed E-state index contributed by atoms with van der Waals surface area (Å²) in [5, 5.41) is 4.58. The van der Waals surface area contributed by atoms with E-state index in [-0.39, 0.29) is 0 Å². The van der Waals surface area contributed by atoms with Crippen LogP contribution in [0.2, 0.25) is 0 Å². The first-order valence-electron chi connectivity index (χ1n) is 5.61. The van der Waals surface area contributed by atoms with Crippen LogP contribution < -0.4 is 5.32 Å². The molecular weight excluding hydrogens is 262 g/mol. The van der Waals surface area contributed by atoms with Crippen molar-refractivity contribution >= 4 is 28.9 Å². The fourth-order valence-corrected chi connectivity index (χ4v) is 2.44. The largest absolute Gasteiger partial charge is 0.357 e. The van der Waals surface area contributed by atoms with E-state index in [4.69, 9.17) is 0 Å². The van der Waals surface area contributed by atoms with Gasteiger partial charge in [0.1, 0.15) is 21.9 Å². The van der Waals surface area contributed by atoms with Gasteiger partial charge in [-0.3, -0.25) is 0 Å². The molecule has 0 atom stereocenters. The lowest BCUT2D eigenvalue weighted by atomic mass is 10.4. The van der Waals surface area contributed by atoms with Crippen molar-refractivity contribution in [3.05, 3.63) is 24.4 Å². The number of H-pyrrole nitrogens is 1. The second-order valence-corrected chi connectivity index (χ2v) is 4.79. The first kappa shape index (κ1) is 11.8. The van der Waals surface area contributed by atoms with Gasteiger partial charge in [0.15, 0.2) is 5.65 Å². The molecule has 0 amide bonds. The minimum absolute atomic E-state index is 0.586. The summed E-state index contributed by atoms with van der Waals surface area (Å²) in [6.45, 7) is 1.97. The Labute approximate surface area is 113 Å². The van der Waals surface area contributed by atoms with Gasteiger partial charge in [-0.1, -0.05) is 0 Å². The number of fused-ring (bicyclic) bond motifs is 1. The molecule has 0 aromatic carbocycles. The summed E-state index contributed by atoms with van der Waals surface area (Å²) in [7, 11) is 1.79. The molecule has 3 heterocycles. The van der Waals surface area contributed by atoms with E-state index in [0.29, 0.717) is 11.6 Å². The summed E-state index contributed by atoms with van der Waals surface area (Å²) >= 11 is 1.46. The van der Waals surface area contributed by atoms with Crippen molar-refractivity contribution in [3.63, 3.8) is 0 Å². The zero-order valence-corrected chi connectivity index (χ0v) is 11.2. The summed E-state index contributed by atoms with van der Waals surface area (Å²) in [4.78, 5) is 24.1. The first-order valence-corrected chi connectivity index (χ1v) is 6.43. The van der Waals surface area contributed by atoms with Gasteiger partial charge >= 0.3 is 0 Å². The minimum atomic E-state index is 0.586. The van der Waals surface area contributed by atoms with Crippen molar-refractivity contribution in [1.82, 2.24) is 29.9 Å². The van der Waals surface area contributed by atoms with Crippen LogP contribution in [0.4, 0.5) is 5.95 Å². The maximum absolute atomic E-state index is 4.42. The van der Waals surface area contributed by atoms with Gasteiger partial charge in [-0.25, -0.2) is 24.9 Å². The number of rotatable bonds is 3. The van der Waals surface area contributed by atoms with Crippen molar-refractivity contribution < 1.29 is 0 Å². The number of hydrogen-bond acceptors (Lipinski definition) is 7. The van der Waals surface area contributed by atoms with E-state index in [9.17, 15) is 0 Å².